The topological polar surface area (TPSA) is 32.3 Å². The third-order valence-electron chi connectivity index (χ3n) is 4.45. The molecule has 1 heterocycles. The highest BCUT2D eigenvalue weighted by molar-refractivity contribution is 5.96. The third kappa shape index (κ3) is 4.89. The summed E-state index contributed by atoms with van der Waals surface area (Å²) >= 11 is 0. The highest BCUT2D eigenvalue weighted by Crippen LogP contribution is 2.31. The van der Waals surface area contributed by atoms with Crippen LogP contribution < -0.4 is 5.32 Å². The van der Waals surface area contributed by atoms with Crippen molar-refractivity contribution < 1.29 is 18.0 Å². The number of alkyl halides is 3. The van der Waals surface area contributed by atoms with Gasteiger partial charge in [-0.25, -0.2) is 0 Å². The van der Waals surface area contributed by atoms with Gasteiger partial charge in [0.25, 0.3) is 5.91 Å². The molecule has 0 radical (unpaired) electrons. The number of carbonyl (C=O) groups is 1. The van der Waals surface area contributed by atoms with Gasteiger partial charge in [-0.3, -0.25) is 9.69 Å². The Labute approximate surface area is 156 Å². The number of benzene rings is 2. The minimum absolute atomic E-state index is 0.00938. The predicted molar refractivity (Wildman–Crippen MR) is 97.0 cm³/mol. The predicted octanol–water partition coefficient (Wildman–Crippen LogP) is 3.50. The first-order valence-corrected chi connectivity index (χ1v) is 8.64. The van der Waals surface area contributed by atoms with E-state index in [2.05, 4.69) is 34.2 Å². The van der Waals surface area contributed by atoms with Crippen LogP contribution in [0.15, 0.2) is 48.5 Å². The van der Waals surface area contributed by atoms with Crippen LogP contribution >= 0.6 is 0 Å². The van der Waals surface area contributed by atoms with Crippen molar-refractivity contribution in [1.29, 1.82) is 0 Å². The highest BCUT2D eigenvalue weighted by Gasteiger charge is 2.34. The van der Waals surface area contributed by atoms with Crippen molar-refractivity contribution in [3.05, 3.63) is 70.8 Å². The molecule has 0 aromatic heterocycles. The first kappa shape index (κ1) is 19.0. The molecule has 3 nitrogen and oxygen atoms in total. The second-order valence-electron chi connectivity index (χ2n) is 6.31. The zero-order valence-corrected chi connectivity index (χ0v) is 14.6. The summed E-state index contributed by atoms with van der Waals surface area (Å²) in [5.41, 5.74) is 1.32. The molecule has 140 valence electrons. The quantitative estimate of drug-likeness (QED) is 0.837. The van der Waals surface area contributed by atoms with Crippen molar-refractivity contribution in [2.45, 2.75) is 19.1 Å². The number of hydrogen-bond acceptors (Lipinski definition) is 2. The Morgan fingerprint density at radius 1 is 1.04 bits per heavy atom. The van der Waals surface area contributed by atoms with E-state index in [0.29, 0.717) is 6.54 Å². The molecule has 1 N–H and O–H groups in total. The van der Waals surface area contributed by atoms with E-state index in [1.54, 1.807) is 0 Å². The van der Waals surface area contributed by atoms with E-state index in [9.17, 15) is 18.0 Å². The lowest BCUT2D eigenvalue weighted by Gasteiger charge is -2.26. The smallest absolute Gasteiger partial charge is 0.341 e. The van der Waals surface area contributed by atoms with E-state index < -0.39 is 17.6 Å². The molecule has 0 saturated heterocycles. The zero-order chi connectivity index (χ0) is 19.3. The van der Waals surface area contributed by atoms with E-state index >= 15 is 0 Å². The Hall–Kier alpha value is -2.78. The summed E-state index contributed by atoms with van der Waals surface area (Å²) in [6.45, 7) is 2.31. The van der Waals surface area contributed by atoms with Crippen molar-refractivity contribution >= 4 is 5.91 Å². The monoisotopic (exact) mass is 372 g/mol. The molecule has 0 spiro atoms. The first-order valence-electron chi connectivity index (χ1n) is 8.64. The molecule has 2 aromatic rings. The number of carbonyl (C=O) groups excluding carboxylic acids is 1. The second-order valence-corrected chi connectivity index (χ2v) is 6.31. The van der Waals surface area contributed by atoms with Crippen molar-refractivity contribution in [2.24, 2.45) is 0 Å². The molecule has 0 unspecified atom stereocenters. The van der Waals surface area contributed by atoms with Crippen LogP contribution in [-0.2, 0) is 19.1 Å². The molecular weight excluding hydrogens is 353 g/mol. The maximum absolute atomic E-state index is 12.9. The lowest BCUT2D eigenvalue weighted by Crippen LogP contribution is -2.31. The Kier molecular flexibility index (Phi) is 5.82. The summed E-state index contributed by atoms with van der Waals surface area (Å²) < 4.78 is 38.8. The van der Waals surface area contributed by atoms with Gasteiger partial charge in [0.1, 0.15) is 0 Å². The maximum atomic E-state index is 12.9. The Bertz CT molecular complexity index is 881. The van der Waals surface area contributed by atoms with Crippen LogP contribution in [0.4, 0.5) is 13.2 Å². The minimum Gasteiger partial charge on any atom is -0.341 e. The Morgan fingerprint density at radius 3 is 2.52 bits per heavy atom. The standard InChI is InChI=1S/C21H19F3N2O/c22-21(23,24)19-10-4-3-9-18(19)20(27)25-12-5-6-13-26-14-11-16-7-1-2-8-17(16)15-26/h1-4,7-10H,11-15H2,(H,25,27). The number of nitrogens with zero attached hydrogens (tertiary/aromatic N) is 1. The number of amides is 1. The van der Waals surface area contributed by atoms with Crippen LogP contribution in [0.1, 0.15) is 27.0 Å². The van der Waals surface area contributed by atoms with Crippen molar-refractivity contribution in [3.8, 4) is 11.8 Å². The molecule has 1 amide bonds. The number of halogens is 3. The summed E-state index contributed by atoms with van der Waals surface area (Å²) in [6, 6.07) is 13.0. The van der Waals surface area contributed by atoms with E-state index in [-0.39, 0.29) is 12.1 Å². The molecule has 6 heteroatoms. The van der Waals surface area contributed by atoms with Gasteiger partial charge in [0.2, 0.25) is 0 Å². The van der Waals surface area contributed by atoms with Crippen molar-refractivity contribution in [1.82, 2.24) is 10.2 Å². The van der Waals surface area contributed by atoms with Gasteiger partial charge in [-0.1, -0.05) is 48.2 Å². The molecule has 1 aliphatic rings. The summed E-state index contributed by atoms with van der Waals surface area (Å²) in [6.07, 6.45) is -3.59. The van der Waals surface area contributed by atoms with Gasteiger partial charge in [0.05, 0.1) is 24.2 Å². The highest BCUT2D eigenvalue weighted by atomic mass is 19.4. The van der Waals surface area contributed by atoms with Gasteiger partial charge in [0.15, 0.2) is 0 Å². The van der Waals surface area contributed by atoms with E-state index in [0.717, 1.165) is 31.6 Å². The van der Waals surface area contributed by atoms with Crippen LogP contribution in [-0.4, -0.2) is 30.4 Å². The number of hydrogen-bond donors (Lipinski definition) is 1. The second kappa shape index (κ2) is 8.28. The SMILES string of the molecule is O=C(NCC#CCN1CCc2ccccc2C1)c1ccccc1C(F)(F)F. The molecule has 1 aliphatic heterocycles. The molecule has 0 atom stereocenters. The molecule has 0 bridgehead atoms. The van der Waals surface area contributed by atoms with Gasteiger partial charge in [-0.05, 0) is 29.7 Å². The number of nitrogens with one attached hydrogen (secondary N) is 1. The lowest BCUT2D eigenvalue weighted by molar-refractivity contribution is -0.137. The molecule has 0 saturated carbocycles. The van der Waals surface area contributed by atoms with Gasteiger partial charge in [-0.15, -0.1) is 0 Å². The van der Waals surface area contributed by atoms with E-state index in [1.807, 2.05) is 12.1 Å². The van der Waals surface area contributed by atoms with Gasteiger partial charge in [0, 0.05) is 13.1 Å². The summed E-state index contributed by atoms with van der Waals surface area (Å²) in [5, 5.41) is 2.43. The average molecular weight is 372 g/mol. The fourth-order valence-electron chi connectivity index (χ4n) is 3.07. The maximum Gasteiger partial charge on any atom is 0.417 e. The third-order valence-corrected chi connectivity index (χ3v) is 4.45. The average Bonchev–Trinajstić information content (AvgIpc) is 2.67. The fraction of sp³-hybridized carbons (Fsp3) is 0.286. The molecule has 27 heavy (non-hydrogen) atoms. The van der Waals surface area contributed by atoms with Crippen LogP contribution in [0.25, 0.3) is 0 Å². The molecule has 0 aliphatic carbocycles. The van der Waals surface area contributed by atoms with Gasteiger partial charge in [-0.2, -0.15) is 13.2 Å². The Balaban J connectivity index is 1.51. The first-order chi connectivity index (χ1) is 12.9. The summed E-state index contributed by atoms with van der Waals surface area (Å²) in [5.74, 6) is 5.01. The van der Waals surface area contributed by atoms with Crippen molar-refractivity contribution in [2.75, 3.05) is 19.6 Å². The lowest BCUT2D eigenvalue weighted by atomic mass is 10.0. The van der Waals surface area contributed by atoms with Gasteiger partial charge >= 0.3 is 6.18 Å². The molecule has 0 fully saturated rings. The van der Waals surface area contributed by atoms with Gasteiger partial charge < -0.3 is 5.32 Å². The molecule has 3 rings (SSSR count). The summed E-state index contributed by atoms with van der Waals surface area (Å²) in [7, 11) is 0. The zero-order valence-electron chi connectivity index (χ0n) is 14.6. The fourth-order valence-corrected chi connectivity index (χ4v) is 3.07. The molecule has 2 aromatic carbocycles. The largest absolute Gasteiger partial charge is 0.417 e. The number of rotatable bonds is 3. The van der Waals surface area contributed by atoms with Crippen LogP contribution in [0, 0.1) is 11.8 Å². The summed E-state index contributed by atoms with van der Waals surface area (Å²) in [4.78, 5) is 14.2. The Morgan fingerprint density at radius 2 is 1.74 bits per heavy atom. The van der Waals surface area contributed by atoms with Crippen LogP contribution in [0.5, 0.6) is 0 Å². The van der Waals surface area contributed by atoms with Crippen molar-refractivity contribution in [3.63, 3.8) is 0 Å². The minimum atomic E-state index is -4.57. The molecular formula is C21H19F3N2O. The number of fused-ring (bicyclic) bond motifs is 1. The van der Waals surface area contributed by atoms with Crippen LogP contribution in [0.3, 0.4) is 0 Å². The van der Waals surface area contributed by atoms with E-state index in [4.69, 9.17) is 0 Å². The van der Waals surface area contributed by atoms with E-state index in [1.165, 1.54) is 23.3 Å². The van der Waals surface area contributed by atoms with Crippen LogP contribution in [0.2, 0.25) is 0 Å². The normalized spacial score (nSPS) is 14.0.